The molecule has 0 bridgehead atoms. The van der Waals surface area contributed by atoms with Crippen molar-refractivity contribution < 1.29 is 13.2 Å². The van der Waals surface area contributed by atoms with E-state index in [2.05, 4.69) is 26.3 Å². The molecule has 0 saturated heterocycles. The highest BCUT2D eigenvalue weighted by molar-refractivity contribution is 9.10. The number of benzene rings is 1. The van der Waals surface area contributed by atoms with E-state index in [4.69, 9.17) is 0 Å². The van der Waals surface area contributed by atoms with E-state index in [0.717, 1.165) is 24.2 Å². The number of nitrogens with zero attached hydrogens (tertiary/aromatic N) is 2. The van der Waals surface area contributed by atoms with Crippen LogP contribution in [0.4, 0.5) is 18.9 Å². The number of rotatable bonds is 4. The van der Waals surface area contributed by atoms with Crippen molar-refractivity contribution in [3.05, 3.63) is 46.2 Å². The van der Waals surface area contributed by atoms with Crippen LogP contribution in [0.1, 0.15) is 31.0 Å². The Kier molecular flexibility index (Phi) is 4.61. The van der Waals surface area contributed by atoms with Gasteiger partial charge in [0, 0.05) is 28.5 Å². The van der Waals surface area contributed by atoms with Crippen LogP contribution in [-0.2, 0) is 12.7 Å². The van der Waals surface area contributed by atoms with Crippen LogP contribution >= 0.6 is 15.9 Å². The Morgan fingerprint density at radius 2 is 2.05 bits per heavy atom. The molecular formula is C14H15BrF3N3. The third kappa shape index (κ3) is 4.00. The Morgan fingerprint density at radius 1 is 1.33 bits per heavy atom. The van der Waals surface area contributed by atoms with E-state index in [1.54, 1.807) is 16.9 Å². The molecule has 0 saturated carbocycles. The Labute approximate surface area is 129 Å². The molecule has 7 heteroatoms. The molecule has 2 rings (SSSR count). The molecule has 2 aromatic rings. The van der Waals surface area contributed by atoms with E-state index < -0.39 is 11.7 Å². The van der Waals surface area contributed by atoms with Crippen LogP contribution in [0.2, 0.25) is 0 Å². The number of hydrogen-bond donors (Lipinski definition) is 1. The lowest BCUT2D eigenvalue weighted by atomic mass is 10.1. The first-order valence-corrected chi connectivity index (χ1v) is 7.25. The lowest BCUT2D eigenvalue weighted by molar-refractivity contribution is -0.137. The summed E-state index contributed by atoms with van der Waals surface area (Å²) < 4.78 is 40.5. The monoisotopic (exact) mass is 361 g/mol. The first kappa shape index (κ1) is 15.9. The maximum Gasteiger partial charge on any atom is 0.416 e. The van der Waals surface area contributed by atoms with Crippen LogP contribution in [-0.4, -0.2) is 9.78 Å². The Hall–Kier alpha value is -1.50. The van der Waals surface area contributed by atoms with Gasteiger partial charge in [-0.1, -0.05) is 15.9 Å². The van der Waals surface area contributed by atoms with Gasteiger partial charge < -0.3 is 5.32 Å². The summed E-state index contributed by atoms with van der Waals surface area (Å²) in [6, 6.07) is 3.65. The van der Waals surface area contributed by atoms with Gasteiger partial charge in [0.1, 0.15) is 0 Å². The Morgan fingerprint density at radius 3 is 2.62 bits per heavy atom. The summed E-state index contributed by atoms with van der Waals surface area (Å²) in [4.78, 5) is 0. The van der Waals surface area contributed by atoms with Crippen molar-refractivity contribution in [2.45, 2.75) is 32.6 Å². The molecule has 1 aromatic heterocycles. The smallest absolute Gasteiger partial charge is 0.378 e. The van der Waals surface area contributed by atoms with Crippen LogP contribution in [0.3, 0.4) is 0 Å². The zero-order chi connectivity index (χ0) is 15.6. The quantitative estimate of drug-likeness (QED) is 0.842. The molecule has 3 nitrogen and oxygen atoms in total. The highest BCUT2D eigenvalue weighted by Crippen LogP contribution is 2.34. The summed E-state index contributed by atoms with van der Waals surface area (Å²) in [5.41, 5.74) is 0.648. The summed E-state index contributed by atoms with van der Waals surface area (Å²) in [5, 5.41) is 7.22. The average molecular weight is 362 g/mol. The number of halogens is 4. The van der Waals surface area contributed by atoms with Crippen LogP contribution in [0, 0.1) is 0 Å². The number of aryl methyl sites for hydroxylation is 1. The fraction of sp³-hybridized carbons (Fsp3) is 0.357. The van der Waals surface area contributed by atoms with Crippen molar-refractivity contribution in [3.63, 3.8) is 0 Å². The van der Waals surface area contributed by atoms with Gasteiger partial charge in [-0.3, -0.25) is 4.68 Å². The third-order valence-electron chi connectivity index (χ3n) is 3.09. The van der Waals surface area contributed by atoms with Crippen molar-refractivity contribution in [1.29, 1.82) is 0 Å². The molecule has 1 heterocycles. The highest BCUT2D eigenvalue weighted by Gasteiger charge is 2.31. The van der Waals surface area contributed by atoms with E-state index in [-0.39, 0.29) is 6.04 Å². The van der Waals surface area contributed by atoms with Gasteiger partial charge in [0.2, 0.25) is 0 Å². The predicted molar refractivity (Wildman–Crippen MR) is 79.1 cm³/mol. The van der Waals surface area contributed by atoms with E-state index in [1.165, 1.54) is 0 Å². The SMILES string of the molecule is CCn1cc(C(C)Nc2cc(Br)cc(C(F)(F)F)c2)cn1. The van der Waals surface area contributed by atoms with Gasteiger partial charge in [-0.15, -0.1) is 0 Å². The number of alkyl halides is 3. The number of aromatic nitrogens is 2. The summed E-state index contributed by atoms with van der Waals surface area (Å²) >= 11 is 3.11. The van der Waals surface area contributed by atoms with Crippen LogP contribution in [0.25, 0.3) is 0 Å². The minimum absolute atomic E-state index is 0.138. The first-order chi connectivity index (χ1) is 9.79. The van der Waals surface area contributed by atoms with Gasteiger partial charge in [0.25, 0.3) is 0 Å². The summed E-state index contributed by atoms with van der Waals surface area (Å²) in [6.45, 7) is 4.60. The molecule has 1 aromatic carbocycles. The Bertz CT molecular complexity index is 622. The molecule has 114 valence electrons. The fourth-order valence-electron chi connectivity index (χ4n) is 1.95. The lowest BCUT2D eigenvalue weighted by Gasteiger charge is -2.16. The van der Waals surface area contributed by atoms with Crippen LogP contribution < -0.4 is 5.32 Å². The largest absolute Gasteiger partial charge is 0.416 e. The maximum absolute atomic E-state index is 12.8. The van der Waals surface area contributed by atoms with E-state index in [1.807, 2.05) is 20.0 Å². The number of anilines is 1. The topological polar surface area (TPSA) is 29.9 Å². The molecule has 0 amide bonds. The fourth-order valence-corrected chi connectivity index (χ4v) is 2.44. The molecule has 0 aliphatic rings. The second-order valence-electron chi connectivity index (χ2n) is 4.72. The first-order valence-electron chi connectivity index (χ1n) is 6.46. The van der Waals surface area contributed by atoms with E-state index in [9.17, 15) is 13.2 Å². The minimum atomic E-state index is -4.36. The standard InChI is InChI=1S/C14H15BrF3N3/c1-3-21-8-10(7-19-21)9(2)20-13-5-11(14(16,17)18)4-12(15)6-13/h4-9,20H,3H2,1-2H3. The molecule has 21 heavy (non-hydrogen) atoms. The molecule has 0 spiro atoms. The summed E-state index contributed by atoms with van der Waals surface area (Å²) in [7, 11) is 0. The Balaban J connectivity index is 2.20. The molecule has 0 fully saturated rings. The van der Waals surface area contributed by atoms with Crippen molar-refractivity contribution in [2.24, 2.45) is 0 Å². The predicted octanol–water partition coefficient (Wildman–Crippen LogP) is 4.86. The van der Waals surface area contributed by atoms with Gasteiger partial charge in [-0.05, 0) is 32.0 Å². The minimum Gasteiger partial charge on any atom is -0.378 e. The number of hydrogen-bond acceptors (Lipinski definition) is 2. The van der Waals surface area contributed by atoms with Crippen LogP contribution in [0.15, 0.2) is 35.1 Å². The maximum atomic E-state index is 12.8. The van der Waals surface area contributed by atoms with Gasteiger partial charge in [0.05, 0.1) is 17.8 Å². The number of nitrogens with one attached hydrogen (secondary N) is 1. The van der Waals surface area contributed by atoms with E-state index in [0.29, 0.717) is 10.2 Å². The van der Waals surface area contributed by atoms with E-state index >= 15 is 0 Å². The van der Waals surface area contributed by atoms with Crippen molar-refractivity contribution in [2.75, 3.05) is 5.32 Å². The second-order valence-corrected chi connectivity index (χ2v) is 5.64. The molecule has 0 aliphatic carbocycles. The average Bonchev–Trinajstić information content (AvgIpc) is 2.85. The van der Waals surface area contributed by atoms with Gasteiger partial charge in [-0.25, -0.2) is 0 Å². The zero-order valence-corrected chi connectivity index (χ0v) is 13.2. The van der Waals surface area contributed by atoms with Crippen LogP contribution in [0.5, 0.6) is 0 Å². The second kappa shape index (κ2) is 6.09. The lowest BCUT2D eigenvalue weighted by Crippen LogP contribution is -2.09. The van der Waals surface area contributed by atoms with Crippen molar-refractivity contribution >= 4 is 21.6 Å². The van der Waals surface area contributed by atoms with Crippen molar-refractivity contribution in [3.8, 4) is 0 Å². The molecule has 1 atom stereocenters. The van der Waals surface area contributed by atoms with Gasteiger partial charge in [0.15, 0.2) is 0 Å². The molecule has 1 N–H and O–H groups in total. The summed E-state index contributed by atoms with van der Waals surface area (Å²) in [6.07, 6.45) is -0.777. The molecule has 0 radical (unpaired) electrons. The molecule has 0 aliphatic heterocycles. The molecular weight excluding hydrogens is 347 g/mol. The summed E-state index contributed by atoms with van der Waals surface area (Å²) in [5.74, 6) is 0. The molecule has 1 unspecified atom stereocenters. The zero-order valence-electron chi connectivity index (χ0n) is 11.6. The third-order valence-corrected chi connectivity index (χ3v) is 3.54. The van der Waals surface area contributed by atoms with Gasteiger partial charge >= 0.3 is 6.18 Å². The van der Waals surface area contributed by atoms with Crippen molar-refractivity contribution in [1.82, 2.24) is 9.78 Å². The normalized spacial score (nSPS) is 13.2. The highest BCUT2D eigenvalue weighted by atomic mass is 79.9. The van der Waals surface area contributed by atoms with Gasteiger partial charge in [-0.2, -0.15) is 18.3 Å².